The Bertz CT molecular complexity index is 1150. The smallest absolute Gasteiger partial charge is 0.339 e. The van der Waals surface area contributed by atoms with Gasteiger partial charge in [-0.1, -0.05) is 31.0 Å². The van der Waals surface area contributed by atoms with Crippen LogP contribution < -0.4 is 5.32 Å². The van der Waals surface area contributed by atoms with Crippen molar-refractivity contribution < 1.29 is 18.8 Å². The molecule has 1 N–H and O–H groups in total. The normalized spacial score (nSPS) is 15.4. The van der Waals surface area contributed by atoms with E-state index in [0.29, 0.717) is 58.7 Å². The highest BCUT2D eigenvalue weighted by molar-refractivity contribution is 7.89. The number of anilines is 2. The SMILES string of the molecule is CCCc1ccc(Nc2c([S+]([O-])N3CCOCC3)cnc3ccc(Cl)cc23)c(C(=O)OC)c1. The molecule has 9 heteroatoms. The number of aromatic nitrogens is 1. The van der Waals surface area contributed by atoms with E-state index in [2.05, 4.69) is 17.2 Å². The monoisotopic (exact) mass is 487 g/mol. The fourth-order valence-electron chi connectivity index (χ4n) is 3.82. The number of ether oxygens (including phenoxy) is 2. The zero-order chi connectivity index (χ0) is 23.4. The largest absolute Gasteiger partial charge is 0.593 e. The van der Waals surface area contributed by atoms with Gasteiger partial charge in [0.25, 0.3) is 0 Å². The predicted molar refractivity (Wildman–Crippen MR) is 131 cm³/mol. The van der Waals surface area contributed by atoms with Crippen LogP contribution in [0.15, 0.2) is 47.5 Å². The van der Waals surface area contributed by atoms with Crippen molar-refractivity contribution in [2.75, 3.05) is 38.7 Å². The molecule has 0 spiro atoms. The molecular weight excluding hydrogens is 462 g/mol. The van der Waals surface area contributed by atoms with Crippen LogP contribution in [0.4, 0.5) is 11.4 Å². The molecule has 1 unspecified atom stereocenters. The number of esters is 1. The minimum absolute atomic E-state index is 0.415. The summed E-state index contributed by atoms with van der Waals surface area (Å²) in [5, 5.41) is 4.62. The summed E-state index contributed by atoms with van der Waals surface area (Å²) < 4.78 is 25.8. The molecule has 4 rings (SSSR count). The van der Waals surface area contributed by atoms with Gasteiger partial charge in [0.05, 0.1) is 67.7 Å². The molecule has 7 nitrogen and oxygen atoms in total. The molecule has 1 fully saturated rings. The predicted octanol–water partition coefficient (Wildman–Crippen LogP) is 4.73. The van der Waals surface area contributed by atoms with E-state index in [-0.39, 0.29) is 0 Å². The fraction of sp³-hybridized carbons (Fsp3) is 0.333. The number of fused-ring (bicyclic) bond motifs is 1. The topological polar surface area (TPSA) is 86.8 Å². The zero-order valence-corrected chi connectivity index (χ0v) is 20.2. The maximum Gasteiger partial charge on any atom is 0.339 e. The molecule has 1 atom stereocenters. The fourth-order valence-corrected chi connectivity index (χ4v) is 5.23. The number of hydrogen-bond acceptors (Lipinski definition) is 7. The van der Waals surface area contributed by atoms with E-state index in [9.17, 15) is 9.35 Å². The first-order chi connectivity index (χ1) is 16.0. The first-order valence-corrected chi connectivity index (χ1v) is 12.3. The lowest BCUT2D eigenvalue weighted by atomic mass is 10.0. The third-order valence-corrected chi connectivity index (χ3v) is 7.23. The third kappa shape index (κ3) is 5.26. The number of nitrogens with one attached hydrogen (secondary N) is 1. The molecule has 1 aliphatic heterocycles. The second kappa shape index (κ2) is 10.7. The quantitative estimate of drug-likeness (QED) is 0.381. The van der Waals surface area contributed by atoms with Crippen molar-refractivity contribution in [1.29, 1.82) is 0 Å². The van der Waals surface area contributed by atoms with Crippen LogP contribution in [0.2, 0.25) is 5.02 Å². The van der Waals surface area contributed by atoms with Gasteiger partial charge in [0.1, 0.15) is 5.69 Å². The maximum atomic E-state index is 13.5. The lowest BCUT2D eigenvalue weighted by Crippen LogP contribution is -2.40. The number of morpholine rings is 1. The Hall–Kier alpha value is -2.36. The number of carbonyl (C=O) groups excluding carboxylic acids is 1. The van der Waals surface area contributed by atoms with Gasteiger partial charge >= 0.3 is 5.97 Å². The molecule has 0 radical (unpaired) electrons. The molecule has 0 amide bonds. The minimum Gasteiger partial charge on any atom is -0.593 e. The number of aryl methyl sites for hydroxylation is 1. The Kier molecular flexibility index (Phi) is 7.72. The van der Waals surface area contributed by atoms with Gasteiger partial charge in [-0.25, -0.2) is 4.79 Å². The standard InChI is InChI=1S/C24H26ClN3O4S/c1-3-4-16-5-7-21(19(13-16)24(29)31-2)27-23-18-14-17(25)6-8-20(18)26-15-22(23)33(30)28-9-11-32-12-10-28/h5-8,13-15H,3-4,9-12H2,1-2H3,(H,26,27). The number of pyridine rings is 1. The van der Waals surface area contributed by atoms with E-state index in [1.807, 2.05) is 28.6 Å². The second-order valence-corrected chi connectivity index (χ2v) is 9.59. The van der Waals surface area contributed by atoms with Gasteiger partial charge in [-0.2, -0.15) is 0 Å². The lowest BCUT2D eigenvalue weighted by molar-refractivity contribution is 0.0601. The highest BCUT2D eigenvalue weighted by Gasteiger charge is 2.29. The van der Waals surface area contributed by atoms with Gasteiger partial charge in [-0.3, -0.25) is 4.98 Å². The minimum atomic E-state index is -1.48. The van der Waals surface area contributed by atoms with Crippen LogP contribution in [0, 0.1) is 0 Å². The van der Waals surface area contributed by atoms with Crippen molar-refractivity contribution in [2.24, 2.45) is 0 Å². The number of halogens is 1. The summed E-state index contributed by atoms with van der Waals surface area (Å²) >= 11 is 4.83. The van der Waals surface area contributed by atoms with Gasteiger partial charge in [-0.05, 0) is 42.3 Å². The van der Waals surface area contributed by atoms with Crippen LogP contribution in [0.5, 0.6) is 0 Å². The van der Waals surface area contributed by atoms with Gasteiger partial charge in [0.15, 0.2) is 0 Å². The first kappa shape index (κ1) is 23.8. The van der Waals surface area contributed by atoms with Crippen molar-refractivity contribution in [1.82, 2.24) is 9.29 Å². The highest BCUT2D eigenvalue weighted by Crippen LogP contribution is 2.36. The van der Waals surface area contributed by atoms with Crippen molar-refractivity contribution >= 4 is 51.2 Å². The highest BCUT2D eigenvalue weighted by atomic mass is 35.5. The molecule has 2 heterocycles. The molecular formula is C24H26ClN3O4S. The number of nitrogens with zero attached hydrogens (tertiary/aromatic N) is 2. The molecule has 1 aliphatic rings. The van der Waals surface area contributed by atoms with Gasteiger partial charge in [-0.15, -0.1) is 4.31 Å². The molecule has 0 aliphatic carbocycles. The Morgan fingerprint density at radius 3 is 2.79 bits per heavy atom. The summed E-state index contributed by atoms with van der Waals surface area (Å²) in [6, 6.07) is 11.0. The Morgan fingerprint density at radius 1 is 1.27 bits per heavy atom. The summed E-state index contributed by atoms with van der Waals surface area (Å²) in [5.74, 6) is -0.442. The van der Waals surface area contributed by atoms with Gasteiger partial charge in [0.2, 0.25) is 4.90 Å². The van der Waals surface area contributed by atoms with E-state index in [0.717, 1.165) is 23.8 Å². The van der Waals surface area contributed by atoms with Crippen LogP contribution in [0.25, 0.3) is 10.9 Å². The van der Waals surface area contributed by atoms with E-state index in [1.165, 1.54) is 7.11 Å². The first-order valence-electron chi connectivity index (χ1n) is 10.8. The van der Waals surface area contributed by atoms with E-state index in [4.69, 9.17) is 21.1 Å². The number of rotatable bonds is 7. The number of methoxy groups -OCH3 is 1. The summed E-state index contributed by atoms with van der Waals surface area (Å²) in [6.07, 6.45) is 3.43. The summed E-state index contributed by atoms with van der Waals surface area (Å²) in [7, 11) is 1.36. The molecule has 2 aromatic carbocycles. The Balaban J connectivity index is 1.83. The molecule has 0 saturated carbocycles. The maximum absolute atomic E-state index is 13.5. The number of hydrogen-bond donors (Lipinski definition) is 1. The van der Waals surface area contributed by atoms with Gasteiger partial charge < -0.3 is 19.3 Å². The molecule has 3 aromatic rings. The van der Waals surface area contributed by atoms with Crippen LogP contribution in [0.1, 0.15) is 29.3 Å². The molecule has 0 bridgehead atoms. The van der Waals surface area contributed by atoms with E-state index >= 15 is 0 Å². The molecule has 33 heavy (non-hydrogen) atoms. The van der Waals surface area contributed by atoms with Crippen LogP contribution in [-0.2, 0) is 27.3 Å². The second-order valence-electron chi connectivity index (χ2n) is 7.70. The number of benzene rings is 2. The Morgan fingerprint density at radius 2 is 2.06 bits per heavy atom. The van der Waals surface area contributed by atoms with Crippen molar-refractivity contribution in [3.8, 4) is 0 Å². The van der Waals surface area contributed by atoms with E-state index < -0.39 is 17.3 Å². The molecule has 174 valence electrons. The Labute approximate surface area is 201 Å². The van der Waals surface area contributed by atoms with Crippen molar-refractivity contribution in [3.63, 3.8) is 0 Å². The number of carbonyl (C=O) groups is 1. The van der Waals surface area contributed by atoms with Crippen LogP contribution >= 0.6 is 11.6 Å². The third-order valence-electron chi connectivity index (χ3n) is 5.48. The van der Waals surface area contributed by atoms with E-state index in [1.54, 1.807) is 18.3 Å². The van der Waals surface area contributed by atoms with Gasteiger partial charge in [0, 0.05) is 10.4 Å². The van der Waals surface area contributed by atoms with Crippen LogP contribution in [-0.4, -0.2) is 53.2 Å². The zero-order valence-electron chi connectivity index (χ0n) is 18.6. The summed E-state index contributed by atoms with van der Waals surface area (Å²) in [4.78, 5) is 17.6. The lowest BCUT2D eigenvalue weighted by Gasteiger charge is -2.28. The summed E-state index contributed by atoms with van der Waals surface area (Å²) in [6.45, 7) is 4.24. The summed E-state index contributed by atoms with van der Waals surface area (Å²) in [5.41, 5.74) is 3.32. The molecule has 1 aromatic heterocycles. The average molecular weight is 488 g/mol. The average Bonchev–Trinajstić information content (AvgIpc) is 2.85. The van der Waals surface area contributed by atoms with Crippen molar-refractivity contribution in [2.45, 2.75) is 24.7 Å². The van der Waals surface area contributed by atoms with Crippen LogP contribution in [0.3, 0.4) is 0 Å². The van der Waals surface area contributed by atoms with Crippen molar-refractivity contribution in [3.05, 3.63) is 58.7 Å². The molecule has 1 saturated heterocycles.